The van der Waals surface area contributed by atoms with E-state index in [-0.39, 0.29) is 6.54 Å². The Kier molecular flexibility index (Phi) is 4.35. The number of hydrogen-bond donors (Lipinski definition) is 2. The average Bonchev–Trinajstić information content (AvgIpc) is 2.89. The molecule has 0 aromatic carbocycles. The first kappa shape index (κ1) is 13.1. The number of thiophene rings is 1. The van der Waals surface area contributed by atoms with Gasteiger partial charge in [-0.15, -0.1) is 11.3 Å². The summed E-state index contributed by atoms with van der Waals surface area (Å²) < 4.78 is 0.710. The Hall–Kier alpha value is -1.37. The van der Waals surface area contributed by atoms with Gasteiger partial charge in [0.25, 0.3) is 0 Å². The first-order valence-corrected chi connectivity index (χ1v) is 6.49. The van der Waals surface area contributed by atoms with Gasteiger partial charge < -0.3 is 5.11 Å². The molecular weight excluding hydrogens is 274 g/mol. The van der Waals surface area contributed by atoms with Gasteiger partial charge in [0.15, 0.2) is 0 Å². The van der Waals surface area contributed by atoms with Crippen LogP contribution in [0.5, 0.6) is 0 Å². The number of carboxylic acids is 1. The Morgan fingerprint density at radius 3 is 2.83 bits per heavy atom. The molecule has 2 aromatic rings. The zero-order chi connectivity index (χ0) is 13.0. The highest BCUT2D eigenvalue weighted by atomic mass is 35.5. The lowest BCUT2D eigenvalue weighted by Gasteiger charge is -2.18. The number of aliphatic carboxylic acids is 1. The van der Waals surface area contributed by atoms with E-state index >= 15 is 0 Å². The van der Waals surface area contributed by atoms with Crippen LogP contribution >= 0.6 is 22.9 Å². The SMILES string of the molecule is O=C(O)CN(Cc1ccn[nH]1)Cc1ccc(Cl)s1. The molecule has 18 heavy (non-hydrogen) atoms. The topological polar surface area (TPSA) is 69.2 Å². The molecule has 0 fully saturated rings. The van der Waals surface area contributed by atoms with E-state index in [4.69, 9.17) is 16.7 Å². The Labute approximate surface area is 113 Å². The van der Waals surface area contributed by atoms with Crippen LogP contribution in [0.2, 0.25) is 4.34 Å². The molecule has 7 heteroatoms. The van der Waals surface area contributed by atoms with Crippen LogP contribution < -0.4 is 0 Å². The van der Waals surface area contributed by atoms with E-state index in [0.717, 1.165) is 10.6 Å². The van der Waals surface area contributed by atoms with Gasteiger partial charge in [0.05, 0.1) is 10.9 Å². The molecule has 0 radical (unpaired) electrons. The van der Waals surface area contributed by atoms with Crippen LogP contribution in [0.25, 0.3) is 0 Å². The van der Waals surface area contributed by atoms with Crippen molar-refractivity contribution in [2.24, 2.45) is 0 Å². The number of nitrogens with zero attached hydrogens (tertiary/aromatic N) is 2. The molecule has 0 saturated heterocycles. The van der Waals surface area contributed by atoms with Crippen molar-refractivity contribution in [3.63, 3.8) is 0 Å². The summed E-state index contributed by atoms with van der Waals surface area (Å²) in [6.07, 6.45) is 1.65. The van der Waals surface area contributed by atoms with Gasteiger partial charge in [-0.1, -0.05) is 11.6 Å². The van der Waals surface area contributed by atoms with Crippen LogP contribution in [-0.4, -0.2) is 32.7 Å². The maximum absolute atomic E-state index is 10.8. The molecule has 2 N–H and O–H groups in total. The van der Waals surface area contributed by atoms with Gasteiger partial charge in [0.1, 0.15) is 0 Å². The van der Waals surface area contributed by atoms with E-state index < -0.39 is 5.97 Å². The number of carboxylic acid groups (broad SMARTS) is 1. The van der Waals surface area contributed by atoms with E-state index in [9.17, 15) is 4.79 Å². The van der Waals surface area contributed by atoms with Crippen molar-refractivity contribution in [2.75, 3.05) is 6.54 Å². The van der Waals surface area contributed by atoms with Crippen LogP contribution in [0.4, 0.5) is 0 Å². The number of nitrogens with one attached hydrogen (secondary N) is 1. The van der Waals surface area contributed by atoms with Crippen LogP contribution in [0.15, 0.2) is 24.4 Å². The lowest BCUT2D eigenvalue weighted by molar-refractivity contribution is -0.138. The summed E-state index contributed by atoms with van der Waals surface area (Å²) in [5.74, 6) is -0.850. The molecule has 0 aliphatic carbocycles. The summed E-state index contributed by atoms with van der Waals surface area (Å²) in [7, 11) is 0. The van der Waals surface area contributed by atoms with E-state index in [0.29, 0.717) is 17.4 Å². The normalized spacial score (nSPS) is 11.0. The predicted octanol–water partition coefficient (Wildman–Crippen LogP) is 2.21. The molecule has 96 valence electrons. The molecule has 0 aliphatic heterocycles. The third kappa shape index (κ3) is 3.83. The van der Waals surface area contributed by atoms with Crippen molar-refractivity contribution in [1.82, 2.24) is 15.1 Å². The second kappa shape index (κ2) is 5.99. The summed E-state index contributed by atoms with van der Waals surface area (Å²) in [5, 5.41) is 15.6. The summed E-state index contributed by atoms with van der Waals surface area (Å²) in [6, 6.07) is 5.56. The van der Waals surface area contributed by atoms with Gasteiger partial charge in [-0.25, -0.2) is 0 Å². The molecule has 0 atom stereocenters. The van der Waals surface area contributed by atoms with E-state index in [1.54, 1.807) is 6.20 Å². The minimum absolute atomic E-state index is 0.0193. The Balaban J connectivity index is 2.02. The zero-order valence-electron chi connectivity index (χ0n) is 9.47. The highest BCUT2D eigenvalue weighted by Crippen LogP contribution is 2.23. The Bertz CT molecular complexity index is 512. The maximum Gasteiger partial charge on any atom is 0.317 e. The third-order valence-electron chi connectivity index (χ3n) is 2.32. The fourth-order valence-corrected chi connectivity index (χ4v) is 2.76. The van der Waals surface area contributed by atoms with Gasteiger partial charge in [-0.2, -0.15) is 5.10 Å². The third-order valence-corrected chi connectivity index (χ3v) is 3.54. The molecule has 0 unspecified atom stereocenters. The lowest BCUT2D eigenvalue weighted by Crippen LogP contribution is -2.28. The molecule has 0 bridgehead atoms. The lowest BCUT2D eigenvalue weighted by atomic mass is 10.3. The first-order chi connectivity index (χ1) is 8.63. The highest BCUT2D eigenvalue weighted by molar-refractivity contribution is 7.16. The van der Waals surface area contributed by atoms with Crippen molar-refractivity contribution in [3.8, 4) is 0 Å². The quantitative estimate of drug-likeness (QED) is 0.854. The second-order valence-electron chi connectivity index (χ2n) is 3.83. The fraction of sp³-hybridized carbons (Fsp3) is 0.273. The highest BCUT2D eigenvalue weighted by Gasteiger charge is 2.12. The summed E-state index contributed by atoms with van der Waals surface area (Å²) in [6.45, 7) is 1.05. The van der Waals surface area contributed by atoms with Gasteiger partial charge in [0, 0.05) is 29.9 Å². The molecule has 2 heterocycles. The average molecular weight is 286 g/mol. The number of H-pyrrole nitrogens is 1. The largest absolute Gasteiger partial charge is 0.480 e. The molecule has 2 rings (SSSR count). The molecule has 5 nitrogen and oxygen atoms in total. The van der Waals surface area contributed by atoms with Crippen LogP contribution in [-0.2, 0) is 17.9 Å². The fourth-order valence-electron chi connectivity index (χ4n) is 1.63. The van der Waals surface area contributed by atoms with Crippen molar-refractivity contribution in [2.45, 2.75) is 13.1 Å². The van der Waals surface area contributed by atoms with Crippen molar-refractivity contribution in [1.29, 1.82) is 0 Å². The monoisotopic (exact) mass is 285 g/mol. The molecule has 2 aromatic heterocycles. The number of aromatic amines is 1. The van der Waals surface area contributed by atoms with Crippen molar-refractivity contribution < 1.29 is 9.90 Å². The minimum atomic E-state index is -0.850. The molecule has 0 spiro atoms. The molecule has 0 aliphatic rings. The van der Waals surface area contributed by atoms with E-state index in [1.165, 1.54) is 11.3 Å². The number of hydrogen-bond acceptors (Lipinski definition) is 4. The van der Waals surface area contributed by atoms with Gasteiger partial charge in [-0.05, 0) is 18.2 Å². The van der Waals surface area contributed by atoms with Crippen LogP contribution in [0, 0.1) is 0 Å². The standard InChI is InChI=1S/C11H12ClN3O2S/c12-10-2-1-9(18-10)6-15(7-11(16)17)5-8-3-4-13-14-8/h1-4H,5-7H2,(H,13,14)(H,16,17). The van der Waals surface area contributed by atoms with Gasteiger partial charge in [-0.3, -0.25) is 14.8 Å². The van der Waals surface area contributed by atoms with Gasteiger partial charge in [0.2, 0.25) is 0 Å². The summed E-state index contributed by atoms with van der Waals surface area (Å²) in [5.41, 5.74) is 0.888. The van der Waals surface area contributed by atoms with Crippen molar-refractivity contribution in [3.05, 3.63) is 39.3 Å². The number of halogens is 1. The number of aromatic nitrogens is 2. The summed E-state index contributed by atoms with van der Waals surface area (Å²) in [4.78, 5) is 13.7. The minimum Gasteiger partial charge on any atom is -0.480 e. The van der Waals surface area contributed by atoms with Crippen LogP contribution in [0.1, 0.15) is 10.6 Å². The zero-order valence-corrected chi connectivity index (χ0v) is 11.0. The number of carbonyl (C=O) groups is 1. The summed E-state index contributed by atoms with van der Waals surface area (Å²) >= 11 is 7.32. The van der Waals surface area contributed by atoms with Crippen LogP contribution in [0.3, 0.4) is 0 Å². The molecular formula is C11H12ClN3O2S. The maximum atomic E-state index is 10.8. The second-order valence-corrected chi connectivity index (χ2v) is 5.63. The van der Waals surface area contributed by atoms with Crippen molar-refractivity contribution >= 4 is 28.9 Å². The number of rotatable bonds is 6. The Morgan fingerprint density at radius 2 is 2.28 bits per heavy atom. The smallest absolute Gasteiger partial charge is 0.317 e. The molecule has 0 amide bonds. The Morgan fingerprint density at radius 1 is 1.44 bits per heavy atom. The molecule has 0 saturated carbocycles. The predicted molar refractivity (Wildman–Crippen MR) is 69.7 cm³/mol. The van der Waals surface area contributed by atoms with E-state index in [2.05, 4.69) is 10.2 Å². The first-order valence-electron chi connectivity index (χ1n) is 5.30. The van der Waals surface area contributed by atoms with E-state index in [1.807, 2.05) is 23.1 Å². The van der Waals surface area contributed by atoms with Gasteiger partial charge >= 0.3 is 5.97 Å².